The number of amides is 3. The van der Waals surface area contributed by atoms with Gasteiger partial charge >= 0.3 is 0 Å². The zero-order valence-electron chi connectivity index (χ0n) is 21.2. The van der Waals surface area contributed by atoms with Gasteiger partial charge in [-0.05, 0) is 51.5 Å². The van der Waals surface area contributed by atoms with Gasteiger partial charge in [-0.2, -0.15) is 0 Å². The van der Waals surface area contributed by atoms with Gasteiger partial charge in [0.15, 0.2) is 5.82 Å². The van der Waals surface area contributed by atoms with Crippen LogP contribution in [0.15, 0.2) is 59.1 Å². The van der Waals surface area contributed by atoms with Crippen LogP contribution in [0.1, 0.15) is 56.5 Å². The molecular formula is C27H30ClFN4O4. The summed E-state index contributed by atoms with van der Waals surface area (Å²) in [7, 11) is 0. The Kier molecular flexibility index (Phi) is 9.04. The van der Waals surface area contributed by atoms with Gasteiger partial charge in [-0.1, -0.05) is 47.1 Å². The lowest BCUT2D eigenvalue weighted by molar-refractivity contribution is -0.142. The lowest BCUT2D eigenvalue weighted by atomic mass is 10.00. The number of hydrogen-bond donors (Lipinski definition) is 2. The molecule has 1 atom stereocenters. The van der Waals surface area contributed by atoms with Gasteiger partial charge in [-0.25, -0.2) is 4.39 Å². The fourth-order valence-electron chi connectivity index (χ4n) is 3.69. The molecule has 0 aliphatic rings. The zero-order chi connectivity index (χ0) is 27.2. The number of carbonyl (C=O) groups is 3. The summed E-state index contributed by atoms with van der Waals surface area (Å²) < 4.78 is 18.5. The van der Waals surface area contributed by atoms with Crippen molar-refractivity contribution in [1.29, 1.82) is 0 Å². The number of nitrogens with zero attached hydrogens (tertiary/aromatic N) is 2. The third-order valence-electron chi connectivity index (χ3n) is 5.31. The summed E-state index contributed by atoms with van der Waals surface area (Å²) in [5.41, 5.74) is 0.457. The monoisotopic (exact) mass is 528 g/mol. The average Bonchev–Trinajstić information content (AvgIpc) is 3.22. The summed E-state index contributed by atoms with van der Waals surface area (Å²) >= 11 is 6.48. The van der Waals surface area contributed by atoms with E-state index < -0.39 is 35.1 Å². The SMILES string of the molecule is Cc1cc(NC(=O)CCC(=O)N(Cc2ccc(F)cc2)[C@@H](C(=O)NC(C)(C)C)c2ccccc2Cl)no1. The molecule has 37 heavy (non-hydrogen) atoms. The number of halogens is 2. The van der Waals surface area contributed by atoms with E-state index in [0.717, 1.165) is 0 Å². The predicted molar refractivity (Wildman–Crippen MR) is 138 cm³/mol. The molecule has 8 nitrogen and oxygen atoms in total. The second kappa shape index (κ2) is 12.0. The fraction of sp³-hybridized carbons (Fsp3) is 0.333. The summed E-state index contributed by atoms with van der Waals surface area (Å²) in [5.74, 6) is -0.962. The molecule has 0 fully saturated rings. The molecule has 3 aromatic rings. The molecule has 0 bridgehead atoms. The van der Waals surface area contributed by atoms with Crippen LogP contribution in [-0.4, -0.2) is 33.3 Å². The first-order chi connectivity index (χ1) is 17.4. The average molecular weight is 529 g/mol. The molecule has 0 unspecified atom stereocenters. The van der Waals surface area contributed by atoms with Gasteiger partial charge in [-0.3, -0.25) is 14.4 Å². The van der Waals surface area contributed by atoms with Gasteiger partial charge < -0.3 is 20.1 Å². The smallest absolute Gasteiger partial charge is 0.247 e. The Morgan fingerprint density at radius 2 is 1.76 bits per heavy atom. The maximum Gasteiger partial charge on any atom is 0.247 e. The predicted octanol–water partition coefficient (Wildman–Crippen LogP) is 5.18. The molecule has 0 aliphatic heterocycles. The van der Waals surface area contributed by atoms with E-state index >= 15 is 0 Å². The molecule has 196 valence electrons. The number of anilines is 1. The van der Waals surface area contributed by atoms with Gasteiger partial charge in [0.2, 0.25) is 17.7 Å². The Labute approximate surface area is 220 Å². The van der Waals surface area contributed by atoms with Crippen molar-refractivity contribution < 1.29 is 23.3 Å². The highest BCUT2D eigenvalue weighted by molar-refractivity contribution is 6.31. The minimum absolute atomic E-state index is 0.00331. The molecule has 1 heterocycles. The molecular weight excluding hydrogens is 499 g/mol. The van der Waals surface area contributed by atoms with Crippen molar-refractivity contribution in [2.75, 3.05) is 5.32 Å². The normalized spacial score (nSPS) is 12.1. The first-order valence-electron chi connectivity index (χ1n) is 11.8. The van der Waals surface area contributed by atoms with Gasteiger partial charge in [0.25, 0.3) is 0 Å². The molecule has 2 N–H and O–H groups in total. The molecule has 0 spiro atoms. The van der Waals surface area contributed by atoms with Crippen LogP contribution in [0.5, 0.6) is 0 Å². The van der Waals surface area contributed by atoms with Crippen molar-refractivity contribution in [3.63, 3.8) is 0 Å². The number of nitrogens with one attached hydrogen (secondary N) is 2. The van der Waals surface area contributed by atoms with Crippen LogP contribution in [0.2, 0.25) is 5.02 Å². The van der Waals surface area contributed by atoms with Crippen LogP contribution in [0.3, 0.4) is 0 Å². The summed E-state index contributed by atoms with van der Waals surface area (Å²) in [5, 5.41) is 9.53. The Balaban J connectivity index is 1.92. The molecule has 10 heteroatoms. The van der Waals surface area contributed by atoms with E-state index in [4.69, 9.17) is 16.1 Å². The van der Waals surface area contributed by atoms with E-state index in [1.54, 1.807) is 49.4 Å². The molecule has 3 rings (SSSR count). The quantitative estimate of drug-likeness (QED) is 0.398. The number of rotatable bonds is 9. The van der Waals surface area contributed by atoms with Crippen molar-refractivity contribution in [3.05, 3.63) is 82.3 Å². The van der Waals surface area contributed by atoms with E-state index in [-0.39, 0.29) is 25.2 Å². The number of aromatic nitrogens is 1. The van der Waals surface area contributed by atoms with Gasteiger partial charge in [0.05, 0.1) is 0 Å². The molecule has 1 aromatic heterocycles. The first kappa shape index (κ1) is 27.9. The molecule has 3 amide bonds. The number of aryl methyl sites for hydroxylation is 1. The summed E-state index contributed by atoms with van der Waals surface area (Å²) in [6.45, 7) is 7.18. The standard InChI is InChI=1S/C27H30ClFN4O4/c1-17-15-22(32-37-17)30-23(34)13-14-24(35)33(16-18-9-11-19(29)12-10-18)25(26(36)31-27(2,3)4)20-7-5-6-8-21(20)28/h5-12,15,25H,13-14,16H2,1-4H3,(H,31,36)(H,30,32,34)/t25-/m1/s1. The summed E-state index contributed by atoms with van der Waals surface area (Å²) in [6, 6.07) is 12.9. The third kappa shape index (κ3) is 8.15. The minimum Gasteiger partial charge on any atom is -0.360 e. The molecule has 0 radical (unpaired) electrons. The zero-order valence-corrected chi connectivity index (χ0v) is 21.9. The Bertz CT molecular complexity index is 1250. The van der Waals surface area contributed by atoms with Crippen LogP contribution in [0.25, 0.3) is 0 Å². The van der Waals surface area contributed by atoms with Crippen LogP contribution in [0, 0.1) is 12.7 Å². The van der Waals surface area contributed by atoms with Crippen molar-refractivity contribution in [2.24, 2.45) is 0 Å². The van der Waals surface area contributed by atoms with Crippen LogP contribution >= 0.6 is 11.6 Å². The number of hydrogen-bond acceptors (Lipinski definition) is 5. The van der Waals surface area contributed by atoms with Crippen molar-refractivity contribution in [3.8, 4) is 0 Å². The number of benzene rings is 2. The van der Waals surface area contributed by atoms with E-state index in [1.165, 1.54) is 17.0 Å². The first-order valence-corrected chi connectivity index (χ1v) is 12.1. The van der Waals surface area contributed by atoms with Crippen LogP contribution < -0.4 is 10.6 Å². The lowest BCUT2D eigenvalue weighted by Crippen LogP contribution is -2.49. The van der Waals surface area contributed by atoms with Crippen LogP contribution in [-0.2, 0) is 20.9 Å². The minimum atomic E-state index is -1.09. The van der Waals surface area contributed by atoms with E-state index in [0.29, 0.717) is 21.9 Å². The van der Waals surface area contributed by atoms with Crippen molar-refractivity contribution in [1.82, 2.24) is 15.4 Å². The molecule has 0 saturated carbocycles. The highest BCUT2D eigenvalue weighted by atomic mass is 35.5. The Hall–Kier alpha value is -3.72. The second-order valence-corrected chi connectivity index (χ2v) is 10.1. The van der Waals surface area contributed by atoms with E-state index in [1.807, 2.05) is 20.8 Å². The maximum atomic E-state index is 13.6. The Morgan fingerprint density at radius 3 is 2.35 bits per heavy atom. The molecule has 0 saturated heterocycles. The molecule has 0 aliphatic carbocycles. The largest absolute Gasteiger partial charge is 0.360 e. The topological polar surface area (TPSA) is 105 Å². The van der Waals surface area contributed by atoms with Gasteiger partial charge in [-0.15, -0.1) is 0 Å². The highest BCUT2D eigenvalue weighted by Gasteiger charge is 2.34. The second-order valence-electron chi connectivity index (χ2n) is 9.68. The third-order valence-corrected chi connectivity index (χ3v) is 5.65. The van der Waals surface area contributed by atoms with Crippen molar-refractivity contribution >= 4 is 35.1 Å². The lowest BCUT2D eigenvalue weighted by Gasteiger charge is -2.34. The van der Waals surface area contributed by atoms with E-state index in [9.17, 15) is 18.8 Å². The Morgan fingerprint density at radius 1 is 1.08 bits per heavy atom. The fourth-order valence-corrected chi connectivity index (χ4v) is 3.93. The van der Waals surface area contributed by atoms with Gasteiger partial charge in [0, 0.05) is 41.6 Å². The van der Waals surface area contributed by atoms with Crippen molar-refractivity contribution in [2.45, 2.75) is 58.7 Å². The molecule has 2 aromatic carbocycles. The highest BCUT2D eigenvalue weighted by Crippen LogP contribution is 2.31. The maximum absolute atomic E-state index is 13.6. The summed E-state index contributed by atoms with van der Waals surface area (Å²) in [4.78, 5) is 41.0. The van der Waals surface area contributed by atoms with Crippen LogP contribution in [0.4, 0.5) is 10.2 Å². The van der Waals surface area contributed by atoms with E-state index in [2.05, 4.69) is 15.8 Å². The summed E-state index contributed by atoms with van der Waals surface area (Å²) in [6.07, 6.45) is -0.339. The number of carbonyl (C=O) groups excluding carboxylic acids is 3. The van der Waals surface area contributed by atoms with Gasteiger partial charge in [0.1, 0.15) is 17.6 Å².